The van der Waals surface area contributed by atoms with Crippen LogP contribution in [-0.4, -0.2) is 36.9 Å². The quantitative estimate of drug-likeness (QED) is 0.267. The molecule has 0 bridgehead atoms. The summed E-state index contributed by atoms with van der Waals surface area (Å²) in [7, 11) is 1.79. The number of amides is 1. The normalized spacial score (nSPS) is 14.3. The van der Waals surface area contributed by atoms with Gasteiger partial charge in [0, 0.05) is 44.7 Å². The standard InChI is InChI=1S/C25H33ClN4O.HI/c1-25(2,15-19-8-6-11-22(26)14-19)18-29-24(27-3)28-16-20-9-4-5-10-21(20)17-30-13-7-12-23(30)31;/h4-6,8-11,14H,7,12-13,15-18H2,1-3H3,(H2,27,28,29);1H. The minimum absolute atomic E-state index is 0. The first kappa shape index (κ1) is 26.5. The number of hydrogen-bond acceptors (Lipinski definition) is 2. The predicted octanol–water partition coefficient (Wildman–Crippen LogP) is 5.01. The lowest BCUT2D eigenvalue weighted by Gasteiger charge is -2.26. The van der Waals surface area contributed by atoms with E-state index in [2.05, 4.69) is 47.7 Å². The molecule has 2 N–H and O–H groups in total. The summed E-state index contributed by atoms with van der Waals surface area (Å²) in [5.74, 6) is 1.02. The smallest absolute Gasteiger partial charge is 0.222 e. The lowest BCUT2D eigenvalue weighted by Crippen LogP contribution is -2.42. The number of benzene rings is 2. The Morgan fingerprint density at radius 1 is 1.12 bits per heavy atom. The van der Waals surface area contributed by atoms with Gasteiger partial charge < -0.3 is 15.5 Å². The highest BCUT2D eigenvalue weighted by molar-refractivity contribution is 14.0. The van der Waals surface area contributed by atoms with Crippen molar-refractivity contribution in [2.45, 2.75) is 46.2 Å². The molecule has 2 aromatic rings. The zero-order valence-corrected chi connectivity index (χ0v) is 22.2. The lowest BCUT2D eigenvalue weighted by atomic mass is 9.86. The SMILES string of the molecule is CN=C(NCc1ccccc1CN1CCCC1=O)NCC(C)(C)Cc1cccc(Cl)c1.I. The molecule has 0 unspecified atom stereocenters. The highest BCUT2D eigenvalue weighted by Crippen LogP contribution is 2.23. The van der Waals surface area contributed by atoms with Gasteiger partial charge in [0.15, 0.2) is 5.96 Å². The van der Waals surface area contributed by atoms with Crippen LogP contribution in [0.4, 0.5) is 0 Å². The van der Waals surface area contributed by atoms with E-state index in [-0.39, 0.29) is 35.3 Å². The Kier molecular flexibility index (Phi) is 10.3. The maximum Gasteiger partial charge on any atom is 0.222 e. The fraction of sp³-hybridized carbons (Fsp3) is 0.440. The van der Waals surface area contributed by atoms with Gasteiger partial charge in [-0.05, 0) is 47.1 Å². The zero-order chi connectivity index (χ0) is 22.3. The number of guanidine groups is 1. The third kappa shape index (κ3) is 7.96. The van der Waals surface area contributed by atoms with Gasteiger partial charge in [0.05, 0.1) is 0 Å². The molecular formula is C25H34ClIN4O. The second kappa shape index (κ2) is 12.4. The number of nitrogens with one attached hydrogen (secondary N) is 2. The van der Waals surface area contributed by atoms with Crippen LogP contribution in [0.5, 0.6) is 0 Å². The van der Waals surface area contributed by atoms with Crippen LogP contribution in [0.1, 0.15) is 43.4 Å². The summed E-state index contributed by atoms with van der Waals surface area (Å²) in [5, 5.41) is 7.65. The molecule has 1 amide bonds. The van der Waals surface area contributed by atoms with Gasteiger partial charge in [-0.25, -0.2) is 0 Å². The van der Waals surface area contributed by atoms with Crippen LogP contribution >= 0.6 is 35.6 Å². The van der Waals surface area contributed by atoms with Gasteiger partial charge in [-0.15, -0.1) is 24.0 Å². The second-order valence-corrected chi connectivity index (χ2v) is 9.37. The highest BCUT2D eigenvalue weighted by Gasteiger charge is 2.21. The van der Waals surface area contributed by atoms with Gasteiger partial charge in [0.1, 0.15) is 0 Å². The van der Waals surface area contributed by atoms with Crippen molar-refractivity contribution in [3.05, 3.63) is 70.2 Å². The fourth-order valence-corrected chi connectivity index (χ4v) is 4.16. The molecule has 0 aliphatic carbocycles. The molecule has 1 aliphatic rings. The minimum atomic E-state index is 0. The topological polar surface area (TPSA) is 56.7 Å². The zero-order valence-electron chi connectivity index (χ0n) is 19.2. The average molecular weight is 569 g/mol. The molecule has 5 nitrogen and oxygen atoms in total. The van der Waals surface area contributed by atoms with Gasteiger partial charge in [0.2, 0.25) is 5.91 Å². The Hall–Kier alpha value is -1.80. The number of hydrogen-bond donors (Lipinski definition) is 2. The van der Waals surface area contributed by atoms with E-state index in [1.807, 2.05) is 35.2 Å². The number of likely N-dealkylation sites (tertiary alicyclic amines) is 1. The van der Waals surface area contributed by atoms with Crippen molar-refractivity contribution < 1.29 is 4.79 Å². The number of nitrogens with zero attached hydrogens (tertiary/aromatic N) is 2. The second-order valence-electron chi connectivity index (χ2n) is 8.94. The third-order valence-corrected chi connectivity index (χ3v) is 5.86. The molecule has 0 radical (unpaired) electrons. The predicted molar refractivity (Wildman–Crippen MR) is 144 cm³/mol. The summed E-state index contributed by atoms with van der Waals surface area (Å²) in [6.45, 7) is 7.43. The van der Waals surface area contributed by atoms with Gasteiger partial charge in [-0.2, -0.15) is 0 Å². The van der Waals surface area contributed by atoms with E-state index in [0.717, 1.165) is 36.9 Å². The average Bonchev–Trinajstić information content (AvgIpc) is 3.13. The molecule has 32 heavy (non-hydrogen) atoms. The van der Waals surface area contributed by atoms with E-state index in [9.17, 15) is 4.79 Å². The summed E-state index contributed by atoms with van der Waals surface area (Å²) < 4.78 is 0. The molecule has 1 fully saturated rings. The van der Waals surface area contributed by atoms with Crippen LogP contribution in [0.25, 0.3) is 0 Å². The van der Waals surface area contributed by atoms with Crippen molar-refractivity contribution in [1.29, 1.82) is 0 Å². The minimum Gasteiger partial charge on any atom is -0.356 e. The van der Waals surface area contributed by atoms with E-state index >= 15 is 0 Å². The maximum absolute atomic E-state index is 12.0. The molecular weight excluding hydrogens is 535 g/mol. The van der Waals surface area contributed by atoms with Crippen LogP contribution in [0.15, 0.2) is 53.5 Å². The number of aliphatic imine (C=N–C) groups is 1. The number of rotatable bonds is 8. The number of halogens is 2. The Morgan fingerprint density at radius 3 is 2.53 bits per heavy atom. The first-order valence-electron chi connectivity index (χ1n) is 10.9. The fourth-order valence-electron chi connectivity index (χ4n) is 3.95. The molecule has 0 aromatic heterocycles. The van der Waals surface area contributed by atoms with Crippen molar-refractivity contribution in [2.75, 3.05) is 20.1 Å². The van der Waals surface area contributed by atoms with E-state index in [0.29, 0.717) is 19.5 Å². The van der Waals surface area contributed by atoms with E-state index in [4.69, 9.17) is 11.6 Å². The molecule has 2 aromatic carbocycles. The van der Waals surface area contributed by atoms with Crippen molar-refractivity contribution >= 4 is 47.4 Å². The third-order valence-electron chi connectivity index (χ3n) is 5.63. The van der Waals surface area contributed by atoms with Gasteiger partial charge >= 0.3 is 0 Å². The monoisotopic (exact) mass is 568 g/mol. The summed E-state index contributed by atoms with van der Waals surface area (Å²) in [4.78, 5) is 18.3. The Bertz CT molecular complexity index is 932. The van der Waals surface area contributed by atoms with Crippen LogP contribution in [0.3, 0.4) is 0 Å². The number of carbonyl (C=O) groups excluding carboxylic acids is 1. The molecule has 7 heteroatoms. The number of carbonyl (C=O) groups is 1. The van der Waals surface area contributed by atoms with Crippen LogP contribution in [0, 0.1) is 5.41 Å². The molecule has 174 valence electrons. The van der Waals surface area contributed by atoms with Gasteiger partial charge in [-0.1, -0.05) is 61.8 Å². The summed E-state index contributed by atoms with van der Waals surface area (Å²) in [6.07, 6.45) is 2.55. The van der Waals surface area contributed by atoms with Crippen molar-refractivity contribution in [3.63, 3.8) is 0 Å². The molecule has 1 heterocycles. The Morgan fingerprint density at radius 2 is 1.88 bits per heavy atom. The first-order valence-corrected chi connectivity index (χ1v) is 11.3. The largest absolute Gasteiger partial charge is 0.356 e. The summed E-state index contributed by atoms with van der Waals surface area (Å²) in [5.41, 5.74) is 3.63. The van der Waals surface area contributed by atoms with E-state index in [1.165, 1.54) is 16.7 Å². The Labute approximate surface area is 214 Å². The lowest BCUT2D eigenvalue weighted by molar-refractivity contribution is -0.128. The van der Waals surface area contributed by atoms with Crippen LogP contribution < -0.4 is 10.6 Å². The maximum atomic E-state index is 12.0. The van der Waals surface area contributed by atoms with Crippen LogP contribution in [-0.2, 0) is 24.3 Å². The molecule has 0 atom stereocenters. The highest BCUT2D eigenvalue weighted by atomic mass is 127. The molecule has 1 aliphatic heterocycles. The summed E-state index contributed by atoms with van der Waals surface area (Å²) in [6, 6.07) is 16.3. The van der Waals surface area contributed by atoms with Crippen molar-refractivity contribution in [2.24, 2.45) is 10.4 Å². The van der Waals surface area contributed by atoms with Gasteiger partial charge in [-0.3, -0.25) is 9.79 Å². The van der Waals surface area contributed by atoms with Crippen LogP contribution in [0.2, 0.25) is 5.02 Å². The van der Waals surface area contributed by atoms with E-state index in [1.54, 1.807) is 7.05 Å². The van der Waals surface area contributed by atoms with Crippen molar-refractivity contribution in [3.8, 4) is 0 Å². The first-order chi connectivity index (χ1) is 14.9. The van der Waals surface area contributed by atoms with Crippen molar-refractivity contribution in [1.82, 2.24) is 15.5 Å². The van der Waals surface area contributed by atoms with E-state index < -0.39 is 0 Å². The molecule has 3 rings (SSSR count). The molecule has 1 saturated heterocycles. The van der Waals surface area contributed by atoms with Gasteiger partial charge in [0.25, 0.3) is 0 Å². The summed E-state index contributed by atoms with van der Waals surface area (Å²) >= 11 is 6.13. The molecule has 0 saturated carbocycles. The Balaban J connectivity index is 0.00000363. The molecule has 0 spiro atoms.